The number of carbonyl (C=O) groups is 1. The molecule has 0 radical (unpaired) electrons. The Hall–Kier alpha value is -2.25. The van der Waals surface area contributed by atoms with Gasteiger partial charge < -0.3 is 16.3 Å². The maximum absolute atomic E-state index is 12.2. The highest BCUT2D eigenvalue weighted by atomic mass is 19.4. The number of alkyl halides is 3. The summed E-state index contributed by atoms with van der Waals surface area (Å²) in [6.45, 7) is 1.26. The van der Waals surface area contributed by atoms with Crippen LogP contribution in [0.4, 0.5) is 13.2 Å². The Labute approximate surface area is 113 Å². The topological polar surface area (TPSA) is 87.7 Å². The van der Waals surface area contributed by atoms with Crippen molar-refractivity contribution in [1.82, 2.24) is 5.32 Å². The third kappa shape index (κ3) is 4.79. The van der Waals surface area contributed by atoms with Crippen LogP contribution >= 0.6 is 0 Å². The van der Waals surface area contributed by atoms with Gasteiger partial charge in [-0.15, -0.1) is 0 Å². The summed E-state index contributed by atoms with van der Waals surface area (Å²) in [5, 5.41) is 13.5. The number of nitrogens with one attached hydrogen (secondary N) is 1. The van der Waals surface area contributed by atoms with Gasteiger partial charge >= 0.3 is 6.18 Å². The van der Waals surface area contributed by atoms with Crippen LogP contribution in [0.5, 0.6) is 0 Å². The van der Waals surface area contributed by atoms with Crippen LogP contribution in [0, 0.1) is 0 Å². The molecule has 1 rings (SSSR count). The molecule has 0 fully saturated rings. The van der Waals surface area contributed by atoms with Crippen molar-refractivity contribution in [3.63, 3.8) is 0 Å². The van der Waals surface area contributed by atoms with E-state index in [1.54, 1.807) is 0 Å². The molecule has 0 aliphatic rings. The summed E-state index contributed by atoms with van der Waals surface area (Å²) >= 11 is 0. The lowest BCUT2D eigenvalue weighted by Crippen LogP contribution is -2.36. The number of nitrogens with zero attached hydrogens (tertiary/aromatic N) is 1. The first-order chi connectivity index (χ1) is 9.23. The second kappa shape index (κ2) is 6.27. The smallest absolute Gasteiger partial charge is 0.391 e. The summed E-state index contributed by atoms with van der Waals surface area (Å²) in [7, 11) is 0. The van der Waals surface area contributed by atoms with Crippen LogP contribution in [0.15, 0.2) is 29.4 Å². The second-order valence-electron chi connectivity index (χ2n) is 4.26. The highest BCUT2D eigenvalue weighted by Crippen LogP contribution is 2.21. The van der Waals surface area contributed by atoms with Crippen molar-refractivity contribution in [1.29, 1.82) is 0 Å². The van der Waals surface area contributed by atoms with E-state index in [0.717, 1.165) is 0 Å². The minimum absolute atomic E-state index is 0.128. The van der Waals surface area contributed by atoms with Crippen molar-refractivity contribution in [3.8, 4) is 0 Å². The molecule has 0 aliphatic carbocycles. The Morgan fingerprint density at radius 3 is 2.60 bits per heavy atom. The van der Waals surface area contributed by atoms with E-state index >= 15 is 0 Å². The Morgan fingerprint density at radius 1 is 1.45 bits per heavy atom. The largest absolute Gasteiger partial charge is 0.409 e. The highest BCUT2D eigenvalue weighted by Gasteiger charge is 2.30. The molecule has 0 bridgehead atoms. The lowest BCUT2D eigenvalue weighted by molar-refractivity contribution is -0.138. The summed E-state index contributed by atoms with van der Waals surface area (Å²) in [5.41, 5.74) is 5.79. The summed E-state index contributed by atoms with van der Waals surface area (Å²) in [4.78, 5) is 11.8. The number of oxime groups is 1. The van der Waals surface area contributed by atoms with E-state index in [-0.39, 0.29) is 11.4 Å². The minimum Gasteiger partial charge on any atom is -0.409 e. The Morgan fingerprint density at radius 2 is 2.05 bits per heavy atom. The quantitative estimate of drug-likeness (QED) is 0.342. The third-order valence-electron chi connectivity index (χ3n) is 2.44. The number of carbonyl (C=O) groups excluding carboxylic acids is 1. The van der Waals surface area contributed by atoms with Crippen LogP contribution in [-0.4, -0.2) is 29.2 Å². The van der Waals surface area contributed by atoms with E-state index < -0.39 is 24.5 Å². The van der Waals surface area contributed by atoms with Crippen LogP contribution in [0.3, 0.4) is 0 Å². The second-order valence-corrected chi connectivity index (χ2v) is 4.26. The molecule has 1 atom stereocenters. The minimum atomic E-state index is -4.34. The molecular weight excluding hydrogens is 275 g/mol. The summed E-state index contributed by atoms with van der Waals surface area (Å²) in [6, 6.07) is 4.69. The van der Waals surface area contributed by atoms with E-state index in [1.807, 2.05) is 0 Å². The molecule has 0 spiro atoms. The molecule has 20 heavy (non-hydrogen) atoms. The predicted molar refractivity (Wildman–Crippen MR) is 66.6 cm³/mol. The van der Waals surface area contributed by atoms with Gasteiger partial charge in [-0.2, -0.15) is 13.2 Å². The number of amidine groups is 1. The molecule has 1 aromatic rings. The van der Waals surface area contributed by atoms with E-state index in [0.29, 0.717) is 5.56 Å². The molecule has 1 unspecified atom stereocenters. The summed E-state index contributed by atoms with van der Waals surface area (Å²) < 4.78 is 36.5. The van der Waals surface area contributed by atoms with Crippen LogP contribution in [0.25, 0.3) is 0 Å². The Bertz CT molecular complexity index is 515. The lowest BCUT2D eigenvalue weighted by atomic mass is 10.1. The average Bonchev–Trinajstić information content (AvgIpc) is 2.35. The van der Waals surface area contributed by atoms with Gasteiger partial charge in [0.15, 0.2) is 5.84 Å². The van der Waals surface area contributed by atoms with Gasteiger partial charge in [0.2, 0.25) is 0 Å². The zero-order valence-corrected chi connectivity index (χ0v) is 10.6. The normalized spacial score (nSPS) is 13.9. The van der Waals surface area contributed by atoms with E-state index in [1.165, 1.54) is 31.2 Å². The number of nitrogens with two attached hydrogens (primary N) is 1. The number of amides is 1. The highest BCUT2D eigenvalue weighted by molar-refractivity contribution is 6.01. The first kappa shape index (κ1) is 15.8. The zero-order valence-electron chi connectivity index (χ0n) is 10.6. The molecule has 0 aromatic heterocycles. The van der Waals surface area contributed by atoms with Crippen LogP contribution in [0.1, 0.15) is 29.3 Å². The molecule has 110 valence electrons. The lowest BCUT2D eigenvalue weighted by Gasteiger charge is -2.16. The maximum atomic E-state index is 12.2. The molecule has 0 saturated carbocycles. The van der Waals surface area contributed by atoms with Crippen molar-refractivity contribution in [2.75, 3.05) is 0 Å². The van der Waals surface area contributed by atoms with Gasteiger partial charge in [0.25, 0.3) is 5.91 Å². The zero-order chi connectivity index (χ0) is 15.3. The van der Waals surface area contributed by atoms with Crippen molar-refractivity contribution in [3.05, 3.63) is 35.4 Å². The molecule has 0 saturated heterocycles. The number of hydrogen-bond acceptors (Lipinski definition) is 3. The van der Waals surface area contributed by atoms with Gasteiger partial charge in [-0.25, -0.2) is 0 Å². The number of halogens is 3. The van der Waals surface area contributed by atoms with Crippen molar-refractivity contribution >= 4 is 11.7 Å². The number of benzene rings is 1. The maximum Gasteiger partial charge on any atom is 0.391 e. The molecule has 1 amide bonds. The molecule has 5 nitrogen and oxygen atoms in total. The standard InChI is InChI=1S/C12H14F3N3O2/c1-7(6-12(13,14)15)17-11(19)9-4-2-3-8(5-9)10(16)18-20/h2-5,7,20H,6H2,1H3,(H2,16,18)(H,17,19). The molecule has 4 N–H and O–H groups in total. The summed E-state index contributed by atoms with van der Waals surface area (Å²) in [6.07, 6.45) is -5.46. The molecule has 8 heteroatoms. The molecule has 0 heterocycles. The van der Waals surface area contributed by atoms with Gasteiger partial charge in [-0.1, -0.05) is 17.3 Å². The predicted octanol–water partition coefficient (Wildman–Crippen LogP) is 1.85. The molecule has 0 aliphatic heterocycles. The van der Waals surface area contributed by atoms with Crippen molar-refractivity contribution < 1.29 is 23.2 Å². The molecular formula is C12H14F3N3O2. The van der Waals surface area contributed by atoms with Gasteiger partial charge in [0.05, 0.1) is 6.42 Å². The van der Waals surface area contributed by atoms with E-state index in [2.05, 4.69) is 10.5 Å². The van der Waals surface area contributed by atoms with E-state index in [9.17, 15) is 18.0 Å². The molecule has 1 aromatic carbocycles. The number of rotatable bonds is 4. The Balaban J connectivity index is 2.78. The van der Waals surface area contributed by atoms with Gasteiger partial charge in [-0.05, 0) is 19.1 Å². The fraction of sp³-hybridized carbons (Fsp3) is 0.333. The van der Waals surface area contributed by atoms with Gasteiger partial charge in [0.1, 0.15) is 0 Å². The first-order valence-corrected chi connectivity index (χ1v) is 5.68. The summed E-state index contributed by atoms with van der Waals surface area (Å²) in [5.74, 6) is -0.850. The van der Waals surface area contributed by atoms with Crippen LogP contribution < -0.4 is 11.1 Å². The van der Waals surface area contributed by atoms with Crippen molar-refractivity contribution in [2.45, 2.75) is 25.6 Å². The van der Waals surface area contributed by atoms with Gasteiger partial charge in [-0.3, -0.25) is 4.79 Å². The first-order valence-electron chi connectivity index (χ1n) is 5.68. The SMILES string of the molecule is CC(CC(F)(F)F)NC(=O)c1cccc(/C(N)=N/O)c1. The van der Waals surface area contributed by atoms with Crippen molar-refractivity contribution in [2.24, 2.45) is 10.9 Å². The fourth-order valence-corrected chi connectivity index (χ4v) is 1.58. The monoisotopic (exact) mass is 289 g/mol. The van der Waals surface area contributed by atoms with Gasteiger partial charge in [0, 0.05) is 17.2 Å². The number of hydrogen-bond donors (Lipinski definition) is 3. The van der Waals surface area contributed by atoms with Crippen LogP contribution in [-0.2, 0) is 0 Å². The fourth-order valence-electron chi connectivity index (χ4n) is 1.58. The van der Waals surface area contributed by atoms with Crippen LogP contribution in [0.2, 0.25) is 0 Å². The average molecular weight is 289 g/mol. The van der Waals surface area contributed by atoms with E-state index in [4.69, 9.17) is 10.9 Å². The third-order valence-corrected chi connectivity index (χ3v) is 2.44. The Kier molecular flexibility index (Phi) is 4.95.